The lowest BCUT2D eigenvalue weighted by Crippen LogP contribution is -1.89. The van der Waals surface area contributed by atoms with Crippen molar-refractivity contribution in [3.63, 3.8) is 0 Å². The first-order valence-electron chi connectivity index (χ1n) is 7.33. The molecule has 3 rings (SSSR count). The molecule has 0 saturated carbocycles. The summed E-state index contributed by atoms with van der Waals surface area (Å²) in [6.07, 6.45) is 2.91. The predicted octanol–water partition coefficient (Wildman–Crippen LogP) is 4.96. The van der Waals surface area contributed by atoms with Crippen molar-refractivity contribution in [3.05, 3.63) is 83.4 Å². The summed E-state index contributed by atoms with van der Waals surface area (Å²) in [7, 11) is 0. The van der Waals surface area contributed by atoms with Crippen LogP contribution in [0, 0.1) is 6.92 Å². The van der Waals surface area contributed by atoms with Crippen molar-refractivity contribution in [1.29, 1.82) is 0 Å². The molecule has 0 aliphatic rings. The van der Waals surface area contributed by atoms with Crippen molar-refractivity contribution in [3.8, 4) is 0 Å². The SMILES string of the molecule is Cc1ccc(CN=CCc2cccc3ccccc23)cc1. The fourth-order valence-electron chi connectivity index (χ4n) is 2.50. The van der Waals surface area contributed by atoms with Gasteiger partial charge >= 0.3 is 0 Å². The Morgan fingerprint density at radius 2 is 1.62 bits per heavy atom. The maximum absolute atomic E-state index is 4.55. The topological polar surface area (TPSA) is 12.4 Å². The van der Waals surface area contributed by atoms with Gasteiger partial charge in [0.2, 0.25) is 0 Å². The summed E-state index contributed by atoms with van der Waals surface area (Å²) in [5, 5.41) is 2.61. The Morgan fingerprint density at radius 1 is 0.857 bits per heavy atom. The molecule has 1 heteroatoms. The van der Waals surface area contributed by atoms with Crippen LogP contribution in [-0.4, -0.2) is 6.21 Å². The van der Waals surface area contributed by atoms with Gasteiger partial charge in [-0.1, -0.05) is 72.3 Å². The Balaban J connectivity index is 1.69. The molecule has 0 unspecified atom stereocenters. The van der Waals surface area contributed by atoms with Gasteiger partial charge in [0.25, 0.3) is 0 Å². The quantitative estimate of drug-likeness (QED) is 0.596. The minimum Gasteiger partial charge on any atom is -0.292 e. The number of aryl methyl sites for hydroxylation is 1. The Labute approximate surface area is 126 Å². The minimum absolute atomic E-state index is 0.755. The molecule has 0 amide bonds. The second-order valence-electron chi connectivity index (χ2n) is 5.35. The third-order valence-electron chi connectivity index (χ3n) is 3.71. The van der Waals surface area contributed by atoms with Crippen LogP contribution in [-0.2, 0) is 13.0 Å². The molecule has 0 aromatic heterocycles. The first-order chi connectivity index (χ1) is 10.3. The zero-order chi connectivity index (χ0) is 14.5. The normalized spacial score (nSPS) is 11.3. The second-order valence-corrected chi connectivity index (χ2v) is 5.35. The molecule has 0 spiro atoms. The number of nitrogens with zero attached hydrogens (tertiary/aromatic N) is 1. The molecular formula is C20H19N. The van der Waals surface area contributed by atoms with Crippen LogP contribution in [0.15, 0.2) is 71.7 Å². The van der Waals surface area contributed by atoms with E-state index < -0.39 is 0 Å². The summed E-state index contributed by atoms with van der Waals surface area (Å²) in [4.78, 5) is 4.55. The largest absolute Gasteiger partial charge is 0.292 e. The minimum atomic E-state index is 0.755. The first-order valence-corrected chi connectivity index (χ1v) is 7.33. The molecule has 0 atom stereocenters. The highest BCUT2D eigenvalue weighted by Crippen LogP contribution is 2.18. The van der Waals surface area contributed by atoms with E-state index >= 15 is 0 Å². The van der Waals surface area contributed by atoms with Gasteiger partial charge in [0.15, 0.2) is 0 Å². The van der Waals surface area contributed by atoms with E-state index in [2.05, 4.69) is 78.6 Å². The Hall–Kier alpha value is -2.41. The molecule has 0 aliphatic heterocycles. The van der Waals surface area contributed by atoms with Crippen LogP contribution < -0.4 is 0 Å². The van der Waals surface area contributed by atoms with E-state index in [4.69, 9.17) is 0 Å². The van der Waals surface area contributed by atoms with E-state index in [-0.39, 0.29) is 0 Å². The molecule has 3 aromatic rings. The van der Waals surface area contributed by atoms with Gasteiger partial charge in [0, 0.05) is 12.6 Å². The molecule has 0 fully saturated rings. The van der Waals surface area contributed by atoms with E-state index in [0.29, 0.717) is 0 Å². The standard InChI is InChI=1S/C20H19N/c1-16-9-11-17(12-10-16)15-21-14-13-19-7-4-6-18-5-2-3-8-20(18)19/h2-12,14H,13,15H2,1H3. The van der Waals surface area contributed by atoms with Crippen LogP contribution in [0.25, 0.3) is 10.8 Å². The molecular weight excluding hydrogens is 254 g/mol. The summed E-state index contributed by atoms with van der Waals surface area (Å²) in [6.45, 7) is 2.86. The molecule has 0 N–H and O–H groups in total. The Kier molecular flexibility index (Phi) is 4.11. The van der Waals surface area contributed by atoms with Gasteiger partial charge in [-0.05, 0) is 28.8 Å². The van der Waals surface area contributed by atoms with Gasteiger partial charge in [-0.3, -0.25) is 4.99 Å². The van der Waals surface area contributed by atoms with Crippen molar-refractivity contribution in [1.82, 2.24) is 0 Å². The van der Waals surface area contributed by atoms with Gasteiger partial charge in [-0.25, -0.2) is 0 Å². The van der Waals surface area contributed by atoms with Crippen LogP contribution in [0.3, 0.4) is 0 Å². The fourth-order valence-corrected chi connectivity index (χ4v) is 2.50. The Morgan fingerprint density at radius 3 is 2.48 bits per heavy atom. The monoisotopic (exact) mass is 273 g/mol. The summed E-state index contributed by atoms with van der Waals surface area (Å²) in [6, 6.07) is 23.5. The first kappa shape index (κ1) is 13.6. The molecule has 0 bridgehead atoms. The maximum Gasteiger partial charge on any atom is 0.0635 e. The lowest BCUT2D eigenvalue weighted by Gasteiger charge is -2.03. The Bertz CT molecular complexity index is 749. The number of aliphatic imine (C=N–C) groups is 1. The summed E-state index contributed by atoms with van der Waals surface area (Å²) >= 11 is 0. The molecule has 1 nitrogen and oxygen atoms in total. The van der Waals surface area contributed by atoms with E-state index in [1.54, 1.807) is 0 Å². The summed E-state index contributed by atoms with van der Waals surface area (Å²) in [5.74, 6) is 0. The summed E-state index contributed by atoms with van der Waals surface area (Å²) < 4.78 is 0. The summed E-state index contributed by atoms with van der Waals surface area (Å²) in [5.41, 5.74) is 3.88. The second kappa shape index (κ2) is 6.36. The zero-order valence-electron chi connectivity index (χ0n) is 12.3. The molecule has 0 radical (unpaired) electrons. The van der Waals surface area contributed by atoms with Crippen LogP contribution in [0.2, 0.25) is 0 Å². The maximum atomic E-state index is 4.55. The molecule has 0 heterocycles. The van der Waals surface area contributed by atoms with Crippen LogP contribution in [0.5, 0.6) is 0 Å². The number of hydrogen-bond acceptors (Lipinski definition) is 1. The van der Waals surface area contributed by atoms with Gasteiger partial charge in [0.05, 0.1) is 6.54 Å². The predicted molar refractivity (Wildman–Crippen MR) is 91.0 cm³/mol. The van der Waals surface area contributed by atoms with Crippen molar-refractivity contribution in [2.75, 3.05) is 0 Å². The van der Waals surface area contributed by atoms with Crippen molar-refractivity contribution in [2.24, 2.45) is 4.99 Å². The van der Waals surface area contributed by atoms with Crippen LogP contribution in [0.1, 0.15) is 16.7 Å². The lowest BCUT2D eigenvalue weighted by molar-refractivity contribution is 1.06. The van der Waals surface area contributed by atoms with Crippen LogP contribution >= 0.6 is 0 Å². The third kappa shape index (κ3) is 3.38. The van der Waals surface area contributed by atoms with E-state index in [0.717, 1.165) is 13.0 Å². The highest BCUT2D eigenvalue weighted by molar-refractivity contribution is 5.87. The molecule has 0 saturated heterocycles. The van der Waals surface area contributed by atoms with Gasteiger partial charge < -0.3 is 0 Å². The lowest BCUT2D eigenvalue weighted by atomic mass is 10.0. The van der Waals surface area contributed by atoms with Crippen molar-refractivity contribution in [2.45, 2.75) is 19.9 Å². The smallest absolute Gasteiger partial charge is 0.0635 e. The number of rotatable bonds is 4. The highest BCUT2D eigenvalue weighted by atomic mass is 14.7. The van der Waals surface area contributed by atoms with Crippen molar-refractivity contribution < 1.29 is 0 Å². The number of fused-ring (bicyclic) bond motifs is 1. The van der Waals surface area contributed by atoms with E-state index in [1.807, 2.05) is 6.21 Å². The van der Waals surface area contributed by atoms with Gasteiger partial charge in [0.1, 0.15) is 0 Å². The highest BCUT2D eigenvalue weighted by Gasteiger charge is 1.98. The average molecular weight is 273 g/mol. The number of benzene rings is 3. The van der Waals surface area contributed by atoms with Crippen LogP contribution in [0.4, 0.5) is 0 Å². The fraction of sp³-hybridized carbons (Fsp3) is 0.150. The van der Waals surface area contributed by atoms with Crippen molar-refractivity contribution >= 4 is 17.0 Å². The molecule has 0 aliphatic carbocycles. The van der Waals surface area contributed by atoms with Gasteiger partial charge in [-0.15, -0.1) is 0 Å². The molecule has 21 heavy (non-hydrogen) atoms. The molecule has 3 aromatic carbocycles. The third-order valence-corrected chi connectivity index (χ3v) is 3.71. The zero-order valence-corrected chi connectivity index (χ0v) is 12.3. The average Bonchev–Trinajstić information content (AvgIpc) is 2.53. The number of hydrogen-bond donors (Lipinski definition) is 0. The van der Waals surface area contributed by atoms with E-state index in [9.17, 15) is 0 Å². The molecule has 104 valence electrons. The van der Waals surface area contributed by atoms with Gasteiger partial charge in [-0.2, -0.15) is 0 Å². The van der Waals surface area contributed by atoms with E-state index in [1.165, 1.54) is 27.5 Å².